The van der Waals surface area contributed by atoms with Crippen molar-refractivity contribution in [3.8, 4) is 11.1 Å². The summed E-state index contributed by atoms with van der Waals surface area (Å²) in [6.07, 6.45) is -2.33. The van der Waals surface area contributed by atoms with Gasteiger partial charge >= 0.3 is 12.1 Å². The van der Waals surface area contributed by atoms with Gasteiger partial charge in [-0.1, -0.05) is 67.6 Å². The second kappa shape index (κ2) is 12.9. The van der Waals surface area contributed by atoms with Gasteiger partial charge in [-0.15, -0.1) is 0 Å². The summed E-state index contributed by atoms with van der Waals surface area (Å²) in [5, 5.41) is 0. The average Bonchev–Trinajstić information content (AvgIpc) is 2.95. The highest BCUT2D eigenvalue weighted by atomic mass is 19.4. The lowest BCUT2D eigenvalue weighted by Gasteiger charge is -2.37. The van der Waals surface area contributed by atoms with E-state index in [-0.39, 0.29) is 17.6 Å². The van der Waals surface area contributed by atoms with Crippen molar-refractivity contribution in [1.82, 2.24) is 4.90 Å². The van der Waals surface area contributed by atoms with Gasteiger partial charge in [0.2, 0.25) is 0 Å². The highest BCUT2D eigenvalue weighted by Crippen LogP contribution is 2.38. The molecule has 1 saturated heterocycles. The maximum absolute atomic E-state index is 13.6. The van der Waals surface area contributed by atoms with Crippen LogP contribution in [0.2, 0.25) is 0 Å². The molecule has 0 spiro atoms. The number of alkyl halides is 3. The van der Waals surface area contributed by atoms with Gasteiger partial charge in [0.15, 0.2) is 0 Å². The number of rotatable bonds is 10. The maximum Gasteiger partial charge on any atom is 0.417 e. The zero-order chi connectivity index (χ0) is 28.8. The van der Waals surface area contributed by atoms with Gasteiger partial charge in [-0.3, -0.25) is 9.69 Å². The fourth-order valence-electron chi connectivity index (χ4n) is 5.66. The molecule has 0 aliphatic carbocycles. The lowest BCUT2D eigenvalue weighted by Crippen LogP contribution is -2.47. The summed E-state index contributed by atoms with van der Waals surface area (Å²) in [5.74, 6) is -0.159. The average molecular weight is 553 g/mol. The molecule has 0 N–H and O–H groups in total. The van der Waals surface area contributed by atoms with Gasteiger partial charge in [0.05, 0.1) is 17.1 Å². The largest absolute Gasteiger partial charge is 0.462 e. The third-order valence-electron chi connectivity index (χ3n) is 7.87. The Balaban J connectivity index is 1.38. The van der Waals surface area contributed by atoms with E-state index in [1.54, 1.807) is 12.1 Å². The SMILES string of the molecule is CCC(CCCN1CCN(c2cccc(-c3ccccc3C(F)(F)F)c2)CC1)(C(=O)OC(C)C)c1ccccc1. The third kappa shape index (κ3) is 6.87. The number of esters is 1. The van der Waals surface area contributed by atoms with Crippen molar-refractivity contribution in [2.75, 3.05) is 37.6 Å². The summed E-state index contributed by atoms with van der Waals surface area (Å²) < 4.78 is 46.5. The summed E-state index contributed by atoms with van der Waals surface area (Å²) >= 11 is 0. The summed E-state index contributed by atoms with van der Waals surface area (Å²) in [5.41, 5.74) is 1.41. The van der Waals surface area contributed by atoms with Crippen LogP contribution in [-0.2, 0) is 21.1 Å². The number of hydrogen-bond acceptors (Lipinski definition) is 4. The first-order chi connectivity index (χ1) is 19.1. The smallest absolute Gasteiger partial charge is 0.417 e. The maximum atomic E-state index is 13.6. The minimum Gasteiger partial charge on any atom is -0.462 e. The quantitative estimate of drug-likeness (QED) is 0.243. The predicted octanol–water partition coefficient (Wildman–Crippen LogP) is 7.57. The van der Waals surface area contributed by atoms with Crippen molar-refractivity contribution in [1.29, 1.82) is 0 Å². The number of benzene rings is 3. The molecule has 1 heterocycles. The summed E-state index contributed by atoms with van der Waals surface area (Å²) in [6, 6.07) is 23.1. The lowest BCUT2D eigenvalue weighted by molar-refractivity contribution is -0.155. The Morgan fingerprint density at radius 3 is 2.23 bits per heavy atom. The van der Waals surface area contributed by atoms with E-state index in [0.29, 0.717) is 18.4 Å². The standard InChI is InChI=1S/C33H39F3N2O2/c1-4-32(31(39)40-25(2)3,27-13-6-5-7-14-27)18-11-19-37-20-22-38(23-21-37)28-15-10-12-26(24-28)29-16-8-9-17-30(29)33(34,35)36/h5-10,12-17,24-25H,4,11,18-23H2,1-3H3. The van der Waals surface area contributed by atoms with E-state index in [0.717, 1.165) is 56.5 Å². The Morgan fingerprint density at radius 1 is 0.900 bits per heavy atom. The molecule has 0 radical (unpaired) electrons. The summed E-state index contributed by atoms with van der Waals surface area (Å²) in [7, 11) is 0. The molecule has 4 rings (SSSR count). The van der Waals surface area contributed by atoms with E-state index in [4.69, 9.17) is 4.74 Å². The fourth-order valence-corrected chi connectivity index (χ4v) is 5.66. The van der Waals surface area contributed by atoms with Gasteiger partial charge in [-0.2, -0.15) is 13.2 Å². The van der Waals surface area contributed by atoms with Crippen molar-refractivity contribution in [3.05, 3.63) is 90.0 Å². The van der Waals surface area contributed by atoms with E-state index in [2.05, 4.69) is 16.7 Å². The van der Waals surface area contributed by atoms with E-state index >= 15 is 0 Å². The van der Waals surface area contributed by atoms with E-state index in [9.17, 15) is 18.0 Å². The predicted molar refractivity (Wildman–Crippen MR) is 154 cm³/mol. The van der Waals surface area contributed by atoms with Crippen LogP contribution in [0.15, 0.2) is 78.9 Å². The normalized spacial score (nSPS) is 16.1. The molecular weight excluding hydrogens is 513 g/mol. The third-order valence-corrected chi connectivity index (χ3v) is 7.87. The van der Waals surface area contributed by atoms with Gasteiger partial charge in [0.25, 0.3) is 0 Å². The first kappa shape index (κ1) is 29.7. The van der Waals surface area contributed by atoms with Gasteiger partial charge in [0, 0.05) is 31.9 Å². The van der Waals surface area contributed by atoms with Gasteiger partial charge < -0.3 is 9.64 Å². The Morgan fingerprint density at radius 2 is 1.57 bits per heavy atom. The monoisotopic (exact) mass is 552 g/mol. The number of carbonyl (C=O) groups is 1. The van der Waals surface area contributed by atoms with Gasteiger partial charge in [-0.25, -0.2) is 0 Å². The number of ether oxygens (including phenoxy) is 1. The minimum atomic E-state index is -4.40. The second-order valence-corrected chi connectivity index (χ2v) is 10.8. The fraction of sp³-hybridized carbons (Fsp3) is 0.424. The van der Waals surface area contributed by atoms with Crippen LogP contribution < -0.4 is 4.90 Å². The van der Waals surface area contributed by atoms with E-state index in [1.807, 2.05) is 62.4 Å². The van der Waals surface area contributed by atoms with Crippen molar-refractivity contribution in [3.63, 3.8) is 0 Å². The highest BCUT2D eigenvalue weighted by Gasteiger charge is 2.40. The zero-order valence-electron chi connectivity index (χ0n) is 23.6. The molecule has 0 saturated carbocycles. The molecule has 3 aromatic rings. The molecule has 1 fully saturated rings. The van der Waals surface area contributed by atoms with Crippen LogP contribution in [0.1, 0.15) is 51.2 Å². The van der Waals surface area contributed by atoms with Crippen LogP contribution in [0, 0.1) is 0 Å². The molecule has 1 unspecified atom stereocenters. The van der Waals surface area contributed by atoms with Gasteiger partial charge in [-0.05, 0) is 74.5 Å². The van der Waals surface area contributed by atoms with Crippen LogP contribution >= 0.6 is 0 Å². The zero-order valence-corrected chi connectivity index (χ0v) is 23.6. The van der Waals surface area contributed by atoms with Crippen molar-refractivity contribution < 1.29 is 22.7 Å². The second-order valence-electron chi connectivity index (χ2n) is 10.8. The molecule has 214 valence electrons. The van der Waals surface area contributed by atoms with E-state index in [1.165, 1.54) is 12.1 Å². The van der Waals surface area contributed by atoms with Crippen LogP contribution in [0.5, 0.6) is 0 Å². The molecule has 7 heteroatoms. The minimum absolute atomic E-state index is 0.159. The van der Waals surface area contributed by atoms with Crippen LogP contribution in [0.25, 0.3) is 11.1 Å². The van der Waals surface area contributed by atoms with Crippen LogP contribution in [0.4, 0.5) is 18.9 Å². The number of piperazine rings is 1. The van der Waals surface area contributed by atoms with Crippen molar-refractivity contribution in [2.24, 2.45) is 0 Å². The topological polar surface area (TPSA) is 32.8 Å². The molecular formula is C33H39F3N2O2. The van der Waals surface area contributed by atoms with Crippen LogP contribution in [0.3, 0.4) is 0 Å². The summed E-state index contributed by atoms with van der Waals surface area (Å²) in [4.78, 5) is 17.9. The number of carbonyl (C=O) groups excluding carboxylic acids is 1. The molecule has 40 heavy (non-hydrogen) atoms. The molecule has 0 amide bonds. The Bertz CT molecular complexity index is 1250. The molecule has 1 atom stereocenters. The van der Waals surface area contributed by atoms with Crippen LogP contribution in [-0.4, -0.2) is 49.7 Å². The molecule has 0 aromatic heterocycles. The molecule has 3 aromatic carbocycles. The lowest BCUT2D eigenvalue weighted by atomic mass is 9.74. The molecule has 1 aliphatic heterocycles. The first-order valence-electron chi connectivity index (χ1n) is 14.1. The Hall–Kier alpha value is -3.32. The Kier molecular flexibility index (Phi) is 9.56. The molecule has 1 aliphatic rings. The number of hydrogen-bond donors (Lipinski definition) is 0. The summed E-state index contributed by atoms with van der Waals surface area (Å²) in [6.45, 7) is 9.97. The molecule has 0 bridgehead atoms. The van der Waals surface area contributed by atoms with E-state index < -0.39 is 17.2 Å². The number of nitrogens with zero attached hydrogens (tertiary/aromatic N) is 2. The Labute approximate surface area is 235 Å². The number of halogens is 3. The van der Waals surface area contributed by atoms with Crippen molar-refractivity contribution in [2.45, 2.75) is 57.7 Å². The molecule has 4 nitrogen and oxygen atoms in total. The first-order valence-corrected chi connectivity index (χ1v) is 14.1. The number of anilines is 1. The highest BCUT2D eigenvalue weighted by molar-refractivity contribution is 5.83. The van der Waals surface area contributed by atoms with Crippen molar-refractivity contribution >= 4 is 11.7 Å². The van der Waals surface area contributed by atoms with Gasteiger partial charge in [0.1, 0.15) is 0 Å².